The number of nitrogens with one attached hydrogen (secondary N) is 1. The van der Waals surface area contributed by atoms with Gasteiger partial charge in [-0.1, -0.05) is 18.2 Å². The average molecular weight is 380 g/mol. The van der Waals surface area contributed by atoms with Gasteiger partial charge in [-0.15, -0.1) is 11.3 Å². The number of nitrogens with two attached hydrogens (primary N) is 2. The summed E-state index contributed by atoms with van der Waals surface area (Å²) >= 11 is 1.66. The number of carbonyl (C=O) groups is 1. The molecule has 138 valence electrons. The summed E-state index contributed by atoms with van der Waals surface area (Å²) in [6.45, 7) is 2.11. The zero-order chi connectivity index (χ0) is 19.1. The van der Waals surface area contributed by atoms with Gasteiger partial charge in [-0.05, 0) is 30.2 Å². The summed E-state index contributed by atoms with van der Waals surface area (Å²) in [5, 5.41) is 2.84. The zero-order valence-corrected chi connectivity index (χ0v) is 15.9. The van der Waals surface area contributed by atoms with Gasteiger partial charge in [-0.2, -0.15) is 0 Å². The van der Waals surface area contributed by atoms with Crippen molar-refractivity contribution < 1.29 is 4.79 Å². The highest BCUT2D eigenvalue weighted by Crippen LogP contribution is 2.37. The number of benzene rings is 1. The number of nitrogen functional groups attached to an aromatic ring is 1. The predicted octanol–water partition coefficient (Wildman–Crippen LogP) is 2.40. The van der Waals surface area contributed by atoms with Crippen molar-refractivity contribution in [2.75, 3.05) is 5.73 Å². The van der Waals surface area contributed by atoms with Gasteiger partial charge in [-0.25, -0.2) is 9.97 Å². The van der Waals surface area contributed by atoms with E-state index in [0.717, 1.165) is 37.3 Å². The Hall–Kier alpha value is -2.97. The van der Waals surface area contributed by atoms with E-state index in [1.54, 1.807) is 24.6 Å². The van der Waals surface area contributed by atoms with E-state index in [4.69, 9.17) is 11.5 Å². The molecule has 0 bridgehead atoms. The molecule has 0 aliphatic rings. The molecular weight excluding hydrogens is 360 g/mol. The number of hydrogen-bond acceptors (Lipinski definition) is 6. The van der Waals surface area contributed by atoms with Gasteiger partial charge in [0.05, 0.1) is 28.1 Å². The molecule has 0 radical (unpaired) electrons. The predicted molar refractivity (Wildman–Crippen MR) is 109 cm³/mol. The summed E-state index contributed by atoms with van der Waals surface area (Å²) in [7, 11) is 1.95. The fourth-order valence-corrected chi connectivity index (χ4v) is 4.21. The highest BCUT2D eigenvalue weighted by atomic mass is 32.1. The maximum absolute atomic E-state index is 11.7. The van der Waals surface area contributed by atoms with Crippen LogP contribution in [0.1, 0.15) is 12.5 Å². The molecule has 3 aromatic heterocycles. The van der Waals surface area contributed by atoms with Crippen LogP contribution in [0.25, 0.3) is 31.7 Å². The number of anilines is 1. The topological polar surface area (TPSA) is 112 Å². The lowest BCUT2D eigenvalue weighted by Crippen LogP contribution is -2.37. The van der Waals surface area contributed by atoms with E-state index in [-0.39, 0.29) is 5.91 Å². The van der Waals surface area contributed by atoms with Gasteiger partial charge in [0.2, 0.25) is 5.91 Å². The summed E-state index contributed by atoms with van der Waals surface area (Å²) in [5.74, 6) is 0.273. The monoisotopic (exact) mass is 380 g/mol. The second kappa shape index (κ2) is 6.64. The zero-order valence-electron chi connectivity index (χ0n) is 15.1. The summed E-state index contributed by atoms with van der Waals surface area (Å²) in [6, 6.07) is 9.60. The van der Waals surface area contributed by atoms with E-state index in [0.29, 0.717) is 12.4 Å². The van der Waals surface area contributed by atoms with E-state index in [2.05, 4.69) is 21.4 Å². The number of hydrogen-bond donors (Lipinski definition) is 3. The van der Waals surface area contributed by atoms with Crippen LogP contribution >= 0.6 is 11.3 Å². The van der Waals surface area contributed by atoms with Gasteiger partial charge < -0.3 is 21.4 Å². The van der Waals surface area contributed by atoms with Gasteiger partial charge >= 0.3 is 0 Å². The van der Waals surface area contributed by atoms with Crippen molar-refractivity contribution in [3.05, 3.63) is 42.2 Å². The normalized spacial score (nSPS) is 12.6. The highest BCUT2D eigenvalue weighted by molar-refractivity contribution is 7.23. The molecule has 4 rings (SSSR count). The molecule has 1 atom stereocenters. The Morgan fingerprint density at radius 2 is 2.19 bits per heavy atom. The Bertz CT molecular complexity index is 1160. The van der Waals surface area contributed by atoms with Gasteiger partial charge in [0.25, 0.3) is 0 Å². The van der Waals surface area contributed by atoms with Crippen LogP contribution in [0.4, 0.5) is 5.82 Å². The molecule has 0 aliphatic heterocycles. The molecule has 27 heavy (non-hydrogen) atoms. The molecular formula is C19H20N6OS. The lowest BCUT2D eigenvalue weighted by molar-refractivity contribution is -0.122. The lowest BCUT2D eigenvalue weighted by Gasteiger charge is -2.08. The SMILES string of the molecule is C[C@H](N)C(=O)NCc1cccc(-c2cc3nc(N)c4ncn(C)c4c3s2)c1. The lowest BCUT2D eigenvalue weighted by atomic mass is 10.1. The first-order chi connectivity index (χ1) is 12.9. The second-order valence-corrected chi connectivity index (χ2v) is 7.63. The molecule has 4 aromatic rings. The Labute approximate surface area is 160 Å². The van der Waals surface area contributed by atoms with Gasteiger partial charge in [0, 0.05) is 18.5 Å². The number of imidazole rings is 1. The molecule has 7 nitrogen and oxygen atoms in total. The van der Waals surface area contributed by atoms with Crippen molar-refractivity contribution in [2.45, 2.75) is 19.5 Å². The summed E-state index contributed by atoms with van der Waals surface area (Å²) in [4.78, 5) is 21.6. The first-order valence-corrected chi connectivity index (χ1v) is 9.38. The van der Waals surface area contributed by atoms with Crippen molar-refractivity contribution in [1.29, 1.82) is 0 Å². The van der Waals surface area contributed by atoms with Crippen LogP contribution in [0.2, 0.25) is 0 Å². The summed E-state index contributed by atoms with van der Waals surface area (Å²) in [5.41, 5.74) is 16.3. The maximum Gasteiger partial charge on any atom is 0.236 e. The quantitative estimate of drug-likeness (QED) is 0.503. The third kappa shape index (κ3) is 3.13. The minimum absolute atomic E-state index is 0.166. The van der Waals surface area contributed by atoms with Crippen LogP contribution in [-0.4, -0.2) is 26.5 Å². The molecule has 0 fully saturated rings. The van der Waals surface area contributed by atoms with Crippen LogP contribution in [0, 0.1) is 0 Å². The molecule has 5 N–H and O–H groups in total. The van der Waals surface area contributed by atoms with Gasteiger partial charge in [0.15, 0.2) is 5.82 Å². The number of thiophene rings is 1. The molecule has 3 heterocycles. The van der Waals surface area contributed by atoms with Crippen molar-refractivity contribution in [3.63, 3.8) is 0 Å². The number of pyridine rings is 1. The Kier molecular flexibility index (Phi) is 4.29. The minimum atomic E-state index is -0.520. The third-order valence-corrected chi connectivity index (χ3v) is 5.62. The standard InChI is InChI=1S/C19H20N6OS/c1-10(20)19(26)22-8-11-4-3-5-12(6-11)14-7-13-17(27-14)16-15(18(21)24-13)23-9-25(16)2/h3-7,9-10H,8,20H2,1-2H3,(H2,21,24)(H,22,26)/t10-/m0/s1. The number of fused-ring (bicyclic) bond motifs is 3. The van der Waals surface area contributed by atoms with Gasteiger partial charge in [0.1, 0.15) is 5.52 Å². The highest BCUT2D eigenvalue weighted by Gasteiger charge is 2.15. The van der Waals surface area contributed by atoms with Crippen LogP contribution in [0.5, 0.6) is 0 Å². The maximum atomic E-state index is 11.7. The van der Waals surface area contributed by atoms with E-state index in [9.17, 15) is 4.79 Å². The van der Waals surface area contributed by atoms with Crippen LogP contribution in [-0.2, 0) is 18.4 Å². The average Bonchev–Trinajstić information content (AvgIpc) is 3.24. The van der Waals surface area contributed by atoms with E-state index in [1.165, 1.54) is 0 Å². The van der Waals surface area contributed by atoms with E-state index < -0.39 is 6.04 Å². The number of aromatic nitrogens is 3. The number of amides is 1. The Morgan fingerprint density at radius 3 is 2.96 bits per heavy atom. The van der Waals surface area contributed by atoms with E-state index in [1.807, 2.05) is 35.9 Å². The minimum Gasteiger partial charge on any atom is -0.382 e. The largest absolute Gasteiger partial charge is 0.382 e. The van der Waals surface area contributed by atoms with Crippen molar-refractivity contribution in [2.24, 2.45) is 12.8 Å². The molecule has 1 amide bonds. The van der Waals surface area contributed by atoms with E-state index >= 15 is 0 Å². The van der Waals surface area contributed by atoms with Crippen LogP contribution in [0.3, 0.4) is 0 Å². The molecule has 0 aliphatic carbocycles. The van der Waals surface area contributed by atoms with Crippen LogP contribution in [0.15, 0.2) is 36.7 Å². The fourth-order valence-electron chi connectivity index (χ4n) is 3.03. The molecule has 0 spiro atoms. The fraction of sp³-hybridized carbons (Fsp3) is 0.211. The Morgan fingerprint density at radius 1 is 1.37 bits per heavy atom. The molecule has 8 heteroatoms. The third-order valence-electron chi connectivity index (χ3n) is 4.44. The van der Waals surface area contributed by atoms with Crippen LogP contribution < -0.4 is 16.8 Å². The molecule has 0 saturated heterocycles. The number of rotatable bonds is 4. The molecule has 0 unspecified atom stereocenters. The van der Waals surface area contributed by atoms with Crippen molar-refractivity contribution >= 4 is 44.3 Å². The van der Waals surface area contributed by atoms with Crippen molar-refractivity contribution in [3.8, 4) is 10.4 Å². The van der Waals surface area contributed by atoms with Crippen molar-refractivity contribution in [1.82, 2.24) is 19.9 Å². The Balaban J connectivity index is 1.72. The summed E-state index contributed by atoms with van der Waals surface area (Å²) < 4.78 is 3.03. The molecule has 0 saturated carbocycles. The first-order valence-electron chi connectivity index (χ1n) is 8.56. The number of aryl methyl sites for hydroxylation is 1. The smallest absolute Gasteiger partial charge is 0.236 e. The summed E-state index contributed by atoms with van der Waals surface area (Å²) in [6.07, 6.45) is 1.75. The molecule has 1 aromatic carbocycles. The number of nitrogens with zero attached hydrogens (tertiary/aromatic N) is 3. The second-order valence-electron chi connectivity index (χ2n) is 6.58. The number of carbonyl (C=O) groups excluding carboxylic acids is 1. The first kappa shape index (κ1) is 17.4. The van der Waals surface area contributed by atoms with Gasteiger partial charge in [-0.3, -0.25) is 4.79 Å².